The molecule has 0 aliphatic carbocycles. The predicted molar refractivity (Wildman–Crippen MR) is 80.4 cm³/mol. The minimum atomic E-state index is -3.36. The molecule has 21 heavy (non-hydrogen) atoms. The first-order valence-corrected chi connectivity index (χ1v) is 8.63. The van der Waals surface area contributed by atoms with Crippen molar-refractivity contribution in [2.75, 3.05) is 25.4 Å². The molecule has 3 N–H and O–H groups in total. The summed E-state index contributed by atoms with van der Waals surface area (Å²) < 4.78 is 24.7. The van der Waals surface area contributed by atoms with E-state index in [2.05, 4.69) is 5.32 Å². The van der Waals surface area contributed by atoms with E-state index in [0.717, 1.165) is 5.56 Å². The van der Waals surface area contributed by atoms with E-state index in [0.29, 0.717) is 31.1 Å². The van der Waals surface area contributed by atoms with Crippen LogP contribution in [0, 0.1) is 0 Å². The Bertz CT molecular complexity index is 616. The minimum absolute atomic E-state index is 0.00134. The molecule has 0 bridgehead atoms. The lowest BCUT2D eigenvalue weighted by Crippen LogP contribution is -2.54. The van der Waals surface area contributed by atoms with E-state index in [9.17, 15) is 13.2 Å². The van der Waals surface area contributed by atoms with Crippen molar-refractivity contribution in [2.45, 2.75) is 24.4 Å². The largest absolute Gasteiger partial charge is 0.353 e. The minimum Gasteiger partial charge on any atom is -0.353 e. The number of hydrogen-bond acceptors (Lipinski definition) is 5. The zero-order valence-electron chi connectivity index (χ0n) is 12.1. The molecule has 1 fully saturated rings. The van der Waals surface area contributed by atoms with Crippen molar-refractivity contribution in [3.63, 3.8) is 0 Å². The van der Waals surface area contributed by atoms with Crippen molar-refractivity contribution >= 4 is 15.7 Å². The Hall–Kier alpha value is -1.44. The average Bonchev–Trinajstić information content (AvgIpc) is 2.49. The molecule has 1 atom stereocenters. The van der Waals surface area contributed by atoms with Gasteiger partial charge in [0.1, 0.15) is 0 Å². The second-order valence-corrected chi connectivity index (χ2v) is 7.28. The number of carbonyl (C=O) groups is 1. The first-order valence-electron chi connectivity index (χ1n) is 6.97. The van der Waals surface area contributed by atoms with Gasteiger partial charge in [-0.3, -0.25) is 9.69 Å². The highest BCUT2D eigenvalue weighted by Gasteiger charge is 2.26. The van der Waals surface area contributed by atoms with Crippen LogP contribution in [0.15, 0.2) is 29.2 Å². The molecule has 0 aromatic heterocycles. The molecule has 0 spiro atoms. The Balaban J connectivity index is 2.05. The first kappa shape index (κ1) is 15.9. The molecule has 1 aliphatic heterocycles. The van der Waals surface area contributed by atoms with Gasteiger partial charge in [0.15, 0.2) is 9.84 Å². The fraction of sp³-hybridized carbons (Fsp3) is 0.500. The SMILES string of the molecule is CC1C(=O)NCCN1CCS(=O)(=O)c1cccc(CN)c1. The van der Waals surface area contributed by atoms with Gasteiger partial charge in [0, 0.05) is 26.2 Å². The van der Waals surface area contributed by atoms with Gasteiger partial charge >= 0.3 is 0 Å². The number of hydrogen-bond donors (Lipinski definition) is 2. The van der Waals surface area contributed by atoms with E-state index >= 15 is 0 Å². The van der Waals surface area contributed by atoms with Crippen molar-refractivity contribution in [3.8, 4) is 0 Å². The van der Waals surface area contributed by atoms with Crippen LogP contribution in [-0.4, -0.2) is 50.7 Å². The molecule has 1 aromatic rings. The Labute approximate surface area is 125 Å². The summed E-state index contributed by atoms with van der Waals surface area (Å²) >= 11 is 0. The number of piperazine rings is 1. The van der Waals surface area contributed by atoms with Crippen molar-refractivity contribution in [3.05, 3.63) is 29.8 Å². The molecule has 1 aliphatic rings. The van der Waals surface area contributed by atoms with E-state index in [-0.39, 0.29) is 17.7 Å². The van der Waals surface area contributed by atoms with Gasteiger partial charge in [-0.15, -0.1) is 0 Å². The Morgan fingerprint density at radius 3 is 2.90 bits per heavy atom. The highest BCUT2D eigenvalue weighted by molar-refractivity contribution is 7.91. The molecule has 1 saturated heterocycles. The monoisotopic (exact) mass is 311 g/mol. The molecular weight excluding hydrogens is 290 g/mol. The zero-order chi connectivity index (χ0) is 15.5. The van der Waals surface area contributed by atoms with Crippen molar-refractivity contribution in [2.24, 2.45) is 5.73 Å². The van der Waals surface area contributed by atoms with E-state index in [4.69, 9.17) is 5.73 Å². The molecule has 2 rings (SSSR count). The van der Waals surface area contributed by atoms with Gasteiger partial charge in [-0.05, 0) is 24.6 Å². The number of benzene rings is 1. The summed E-state index contributed by atoms with van der Waals surface area (Å²) in [6.07, 6.45) is 0. The third-order valence-corrected chi connectivity index (χ3v) is 5.46. The number of rotatable bonds is 5. The molecule has 1 amide bonds. The van der Waals surface area contributed by atoms with Crippen LogP contribution < -0.4 is 11.1 Å². The van der Waals surface area contributed by atoms with Gasteiger partial charge in [0.2, 0.25) is 5.91 Å². The maximum atomic E-state index is 12.4. The van der Waals surface area contributed by atoms with Crippen molar-refractivity contribution < 1.29 is 13.2 Å². The van der Waals surface area contributed by atoms with Gasteiger partial charge in [-0.25, -0.2) is 8.42 Å². The third kappa shape index (κ3) is 3.81. The topological polar surface area (TPSA) is 92.5 Å². The van der Waals surface area contributed by atoms with Crippen molar-refractivity contribution in [1.29, 1.82) is 0 Å². The fourth-order valence-electron chi connectivity index (χ4n) is 2.36. The van der Waals surface area contributed by atoms with E-state index in [1.165, 1.54) is 0 Å². The van der Waals surface area contributed by atoms with Gasteiger partial charge in [-0.2, -0.15) is 0 Å². The van der Waals surface area contributed by atoms with Crippen LogP contribution in [0.3, 0.4) is 0 Å². The maximum absolute atomic E-state index is 12.4. The predicted octanol–water partition coefficient (Wildman–Crippen LogP) is -0.261. The lowest BCUT2D eigenvalue weighted by atomic mass is 10.2. The van der Waals surface area contributed by atoms with Crippen LogP contribution in [0.2, 0.25) is 0 Å². The zero-order valence-corrected chi connectivity index (χ0v) is 12.9. The number of nitrogens with two attached hydrogens (primary N) is 1. The van der Waals surface area contributed by atoms with E-state index in [1.807, 2.05) is 4.90 Å². The molecule has 1 heterocycles. The summed E-state index contributed by atoms with van der Waals surface area (Å²) in [6, 6.07) is 6.41. The second-order valence-electron chi connectivity index (χ2n) is 5.17. The smallest absolute Gasteiger partial charge is 0.237 e. The number of nitrogens with zero attached hydrogens (tertiary/aromatic N) is 1. The summed E-state index contributed by atoms with van der Waals surface area (Å²) in [5, 5.41) is 2.76. The standard InChI is InChI=1S/C14H21N3O3S/c1-11-14(18)16-5-6-17(11)7-8-21(19,20)13-4-2-3-12(9-13)10-15/h2-4,9,11H,5-8,10,15H2,1H3,(H,16,18). The first-order chi connectivity index (χ1) is 9.94. The highest BCUT2D eigenvalue weighted by Crippen LogP contribution is 2.14. The van der Waals surface area contributed by atoms with Crippen LogP contribution in [0.4, 0.5) is 0 Å². The quantitative estimate of drug-likeness (QED) is 0.781. The van der Waals surface area contributed by atoms with Crippen LogP contribution in [0.1, 0.15) is 12.5 Å². The van der Waals surface area contributed by atoms with Gasteiger partial charge in [-0.1, -0.05) is 12.1 Å². The number of amides is 1. The third-order valence-electron chi connectivity index (χ3n) is 3.77. The molecular formula is C14H21N3O3S. The second kappa shape index (κ2) is 6.55. The summed E-state index contributed by atoms with van der Waals surface area (Å²) in [4.78, 5) is 13.7. The summed E-state index contributed by atoms with van der Waals surface area (Å²) in [7, 11) is -3.36. The molecule has 1 aromatic carbocycles. The fourth-order valence-corrected chi connectivity index (χ4v) is 3.68. The maximum Gasteiger partial charge on any atom is 0.237 e. The molecule has 7 heteroatoms. The summed E-state index contributed by atoms with van der Waals surface area (Å²) in [5.74, 6) is -0.0534. The van der Waals surface area contributed by atoms with Crippen LogP contribution in [0.25, 0.3) is 0 Å². The number of sulfone groups is 1. The molecule has 1 unspecified atom stereocenters. The van der Waals surface area contributed by atoms with Gasteiger partial charge in [0.05, 0.1) is 16.7 Å². The van der Waals surface area contributed by atoms with Crippen molar-refractivity contribution in [1.82, 2.24) is 10.2 Å². The van der Waals surface area contributed by atoms with E-state index < -0.39 is 9.84 Å². The highest BCUT2D eigenvalue weighted by atomic mass is 32.2. The number of carbonyl (C=O) groups excluding carboxylic acids is 1. The van der Waals surface area contributed by atoms with Crippen LogP contribution in [-0.2, 0) is 21.2 Å². The van der Waals surface area contributed by atoms with Gasteiger partial charge < -0.3 is 11.1 Å². The summed E-state index contributed by atoms with van der Waals surface area (Å²) in [6.45, 7) is 3.68. The lowest BCUT2D eigenvalue weighted by Gasteiger charge is -2.32. The molecule has 0 saturated carbocycles. The Kier molecular flexibility index (Phi) is 4.97. The Morgan fingerprint density at radius 2 is 2.19 bits per heavy atom. The Morgan fingerprint density at radius 1 is 1.43 bits per heavy atom. The van der Waals surface area contributed by atoms with Gasteiger partial charge in [0.25, 0.3) is 0 Å². The average molecular weight is 311 g/mol. The molecule has 0 radical (unpaired) electrons. The summed E-state index contributed by atoms with van der Waals surface area (Å²) in [5.41, 5.74) is 6.33. The van der Waals surface area contributed by atoms with E-state index in [1.54, 1.807) is 31.2 Å². The normalized spacial score (nSPS) is 20.3. The molecule has 116 valence electrons. The lowest BCUT2D eigenvalue weighted by molar-refractivity contribution is -0.128. The van der Waals surface area contributed by atoms with Crippen LogP contribution >= 0.6 is 0 Å². The number of nitrogens with one attached hydrogen (secondary N) is 1. The molecule has 6 nitrogen and oxygen atoms in total. The van der Waals surface area contributed by atoms with Crippen LogP contribution in [0.5, 0.6) is 0 Å².